The first-order valence-corrected chi connectivity index (χ1v) is 7.71. The van der Waals surface area contributed by atoms with Crippen molar-refractivity contribution in [1.82, 2.24) is 10.1 Å². The third kappa shape index (κ3) is 4.43. The summed E-state index contributed by atoms with van der Waals surface area (Å²) in [4.78, 5) is 4.44. The van der Waals surface area contributed by atoms with Crippen LogP contribution in [0, 0.1) is 5.92 Å². The SMILES string of the molecule is CC(C)CC(CN)c1nc(Cc2ccc(Cl)cc2Cl)no1. The Bertz CT molecular complexity index is 598. The molecule has 0 aliphatic heterocycles. The molecule has 0 radical (unpaired) electrons. The molecule has 0 amide bonds. The number of benzene rings is 1. The summed E-state index contributed by atoms with van der Waals surface area (Å²) in [5.74, 6) is 1.84. The summed E-state index contributed by atoms with van der Waals surface area (Å²) >= 11 is 12.0. The molecule has 0 aliphatic carbocycles. The monoisotopic (exact) mass is 327 g/mol. The summed E-state index contributed by atoms with van der Waals surface area (Å²) < 4.78 is 5.34. The molecular formula is C15H19Cl2N3O. The van der Waals surface area contributed by atoms with Gasteiger partial charge < -0.3 is 10.3 Å². The van der Waals surface area contributed by atoms with Crippen molar-refractivity contribution < 1.29 is 4.52 Å². The molecule has 0 saturated carbocycles. The van der Waals surface area contributed by atoms with Gasteiger partial charge in [0, 0.05) is 23.0 Å². The van der Waals surface area contributed by atoms with Gasteiger partial charge in [0.1, 0.15) is 0 Å². The number of aromatic nitrogens is 2. The first-order chi connectivity index (χ1) is 9.99. The predicted octanol–water partition coefficient (Wildman–Crippen LogP) is 4.06. The Morgan fingerprint density at radius 1 is 1.29 bits per heavy atom. The van der Waals surface area contributed by atoms with E-state index in [1.165, 1.54) is 0 Å². The molecule has 1 heterocycles. The molecule has 2 N–H and O–H groups in total. The molecule has 114 valence electrons. The molecule has 1 atom stereocenters. The molecule has 2 aromatic rings. The molecule has 0 saturated heterocycles. The average Bonchev–Trinajstić information content (AvgIpc) is 2.87. The molecule has 1 unspecified atom stereocenters. The summed E-state index contributed by atoms with van der Waals surface area (Å²) in [6.45, 7) is 4.79. The fourth-order valence-corrected chi connectivity index (χ4v) is 2.68. The van der Waals surface area contributed by atoms with Gasteiger partial charge in [-0.1, -0.05) is 48.3 Å². The average molecular weight is 328 g/mol. The first-order valence-electron chi connectivity index (χ1n) is 6.96. The van der Waals surface area contributed by atoms with Crippen LogP contribution in [0.2, 0.25) is 10.0 Å². The van der Waals surface area contributed by atoms with Gasteiger partial charge in [0.15, 0.2) is 5.82 Å². The molecule has 6 heteroatoms. The van der Waals surface area contributed by atoms with Crippen LogP contribution in [-0.4, -0.2) is 16.7 Å². The minimum absolute atomic E-state index is 0.104. The number of hydrogen-bond acceptors (Lipinski definition) is 4. The van der Waals surface area contributed by atoms with E-state index < -0.39 is 0 Å². The van der Waals surface area contributed by atoms with Crippen LogP contribution in [0.3, 0.4) is 0 Å². The van der Waals surface area contributed by atoms with E-state index in [0.29, 0.717) is 40.6 Å². The zero-order chi connectivity index (χ0) is 15.4. The van der Waals surface area contributed by atoms with Crippen LogP contribution in [0.25, 0.3) is 0 Å². The quantitative estimate of drug-likeness (QED) is 0.868. The topological polar surface area (TPSA) is 64.9 Å². The Morgan fingerprint density at radius 2 is 2.05 bits per heavy atom. The van der Waals surface area contributed by atoms with E-state index in [-0.39, 0.29) is 5.92 Å². The third-order valence-corrected chi connectivity index (χ3v) is 3.82. The van der Waals surface area contributed by atoms with Crippen LogP contribution in [0.4, 0.5) is 0 Å². The van der Waals surface area contributed by atoms with Gasteiger partial charge in [-0.15, -0.1) is 0 Å². The van der Waals surface area contributed by atoms with Gasteiger partial charge in [0.2, 0.25) is 5.89 Å². The summed E-state index contributed by atoms with van der Waals surface area (Å²) in [5, 5.41) is 5.23. The van der Waals surface area contributed by atoms with E-state index in [0.717, 1.165) is 12.0 Å². The van der Waals surface area contributed by atoms with Gasteiger partial charge in [-0.25, -0.2) is 0 Å². The third-order valence-electron chi connectivity index (χ3n) is 3.24. The highest BCUT2D eigenvalue weighted by Gasteiger charge is 2.19. The Hall–Kier alpha value is -1.10. The maximum atomic E-state index is 6.15. The second kappa shape index (κ2) is 7.25. The Labute approximate surface area is 134 Å². The lowest BCUT2D eigenvalue weighted by Crippen LogP contribution is -2.15. The van der Waals surface area contributed by atoms with Crippen molar-refractivity contribution in [2.45, 2.75) is 32.6 Å². The van der Waals surface area contributed by atoms with Gasteiger partial charge in [0.05, 0.1) is 5.92 Å². The number of nitrogens with zero attached hydrogens (tertiary/aromatic N) is 2. The molecule has 0 bridgehead atoms. The minimum atomic E-state index is 0.104. The van der Waals surface area contributed by atoms with Crippen LogP contribution in [0.15, 0.2) is 22.7 Å². The standard InChI is InChI=1S/C15H19Cl2N3O/c1-9(2)5-11(8-18)15-19-14(20-21-15)6-10-3-4-12(16)7-13(10)17/h3-4,7,9,11H,5-6,8,18H2,1-2H3. The lowest BCUT2D eigenvalue weighted by Gasteiger charge is -2.11. The highest BCUT2D eigenvalue weighted by Crippen LogP contribution is 2.24. The van der Waals surface area contributed by atoms with Crippen LogP contribution >= 0.6 is 23.2 Å². The van der Waals surface area contributed by atoms with Crippen LogP contribution < -0.4 is 5.73 Å². The normalized spacial score (nSPS) is 12.9. The molecule has 0 fully saturated rings. The number of nitrogens with two attached hydrogens (primary N) is 1. The lowest BCUT2D eigenvalue weighted by molar-refractivity contribution is 0.332. The molecule has 1 aromatic carbocycles. The zero-order valence-electron chi connectivity index (χ0n) is 12.1. The van der Waals surface area contributed by atoms with Gasteiger partial charge >= 0.3 is 0 Å². The second-order valence-corrected chi connectivity index (χ2v) is 6.37. The van der Waals surface area contributed by atoms with Crippen molar-refractivity contribution >= 4 is 23.2 Å². The summed E-state index contributed by atoms with van der Waals surface area (Å²) in [6, 6.07) is 5.38. The van der Waals surface area contributed by atoms with Crippen LogP contribution in [0.1, 0.15) is 43.5 Å². The Balaban J connectivity index is 2.12. The number of halogens is 2. The summed E-state index contributed by atoms with van der Waals surface area (Å²) in [7, 11) is 0. The number of hydrogen-bond donors (Lipinski definition) is 1. The van der Waals surface area contributed by atoms with E-state index in [4.69, 9.17) is 33.5 Å². The van der Waals surface area contributed by atoms with Crippen molar-refractivity contribution in [1.29, 1.82) is 0 Å². The van der Waals surface area contributed by atoms with Crippen LogP contribution in [-0.2, 0) is 6.42 Å². The van der Waals surface area contributed by atoms with E-state index in [9.17, 15) is 0 Å². The highest BCUT2D eigenvalue weighted by molar-refractivity contribution is 6.35. The Kier molecular flexibility index (Phi) is 5.62. The van der Waals surface area contributed by atoms with Crippen LogP contribution in [0.5, 0.6) is 0 Å². The second-order valence-electron chi connectivity index (χ2n) is 5.52. The summed E-state index contributed by atoms with van der Waals surface area (Å²) in [6.07, 6.45) is 1.44. The van der Waals surface area contributed by atoms with Crippen molar-refractivity contribution in [2.24, 2.45) is 11.7 Å². The molecule has 0 spiro atoms. The molecular weight excluding hydrogens is 309 g/mol. The van der Waals surface area contributed by atoms with Gasteiger partial charge in [-0.3, -0.25) is 0 Å². The van der Waals surface area contributed by atoms with Crippen molar-refractivity contribution in [2.75, 3.05) is 6.54 Å². The summed E-state index contributed by atoms with van der Waals surface area (Å²) in [5.41, 5.74) is 6.71. The maximum absolute atomic E-state index is 6.15. The fraction of sp³-hybridized carbons (Fsp3) is 0.467. The fourth-order valence-electron chi connectivity index (χ4n) is 2.21. The van der Waals surface area contributed by atoms with Gasteiger partial charge in [-0.05, 0) is 30.0 Å². The predicted molar refractivity (Wildman–Crippen MR) is 84.8 cm³/mol. The van der Waals surface area contributed by atoms with Crippen molar-refractivity contribution in [3.05, 3.63) is 45.5 Å². The first kappa shape index (κ1) is 16.3. The minimum Gasteiger partial charge on any atom is -0.339 e. The molecule has 2 rings (SSSR count). The smallest absolute Gasteiger partial charge is 0.231 e. The molecule has 4 nitrogen and oxygen atoms in total. The van der Waals surface area contributed by atoms with Gasteiger partial charge in [-0.2, -0.15) is 4.98 Å². The molecule has 21 heavy (non-hydrogen) atoms. The van der Waals surface area contributed by atoms with E-state index in [1.54, 1.807) is 12.1 Å². The van der Waals surface area contributed by atoms with Crippen molar-refractivity contribution in [3.8, 4) is 0 Å². The molecule has 0 aliphatic rings. The van der Waals surface area contributed by atoms with Crippen molar-refractivity contribution in [3.63, 3.8) is 0 Å². The Morgan fingerprint density at radius 3 is 2.67 bits per heavy atom. The maximum Gasteiger partial charge on any atom is 0.231 e. The zero-order valence-corrected chi connectivity index (χ0v) is 13.7. The van der Waals surface area contributed by atoms with E-state index in [1.807, 2.05) is 6.07 Å². The lowest BCUT2D eigenvalue weighted by atomic mass is 9.97. The molecule has 1 aromatic heterocycles. The highest BCUT2D eigenvalue weighted by atomic mass is 35.5. The largest absolute Gasteiger partial charge is 0.339 e. The van der Waals surface area contributed by atoms with Gasteiger partial charge in [0.25, 0.3) is 0 Å². The van der Waals surface area contributed by atoms with E-state index >= 15 is 0 Å². The number of rotatable bonds is 6. The van der Waals surface area contributed by atoms with E-state index in [2.05, 4.69) is 24.0 Å².